The lowest BCUT2D eigenvalue weighted by Gasteiger charge is -2.29. The molecule has 4 aromatic rings. The van der Waals surface area contributed by atoms with E-state index in [0.29, 0.717) is 21.6 Å². The summed E-state index contributed by atoms with van der Waals surface area (Å²) >= 11 is 9.65. The van der Waals surface area contributed by atoms with Gasteiger partial charge in [0.1, 0.15) is 4.88 Å². The number of ether oxygens (including phenoxy) is 1. The maximum Gasteiger partial charge on any atom is 0.271 e. The van der Waals surface area contributed by atoms with Gasteiger partial charge in [-0.1, -0.05) is 47.2 Å². The lowest BCUT2D eigenvalue weighted by atomic mass is 10.2. The van der Waals surface area contributed by atoms with E-state index in [1.807, 2.05) is 30.3 Å². The normalized spacial score (nSPS) is 15.0. The van der Waals surface area contributed by atoms with Gasteiger partial charge in [-0.2, -0.15) is 0 Å². The van der Waals surface area contributed by atoms with Crippen molar-refractivity contribution in [3.63, 3.8) is 0 Å². The Morgan fingerprint density at radius 1 is 1.16 bits per heavy atom. The number of nitrogens with zero attached hydrogens (tertiary/aromatic N) is 3. The maximum absolute atomic E-state index is 13.7. The largest absolute Gasteiger partial charge is 0.379 e. The fraction of sp³-hybridized carbons (Fsp3) is 0.304. The first-order valence-corrected chi connectivity index (χ1v) is 12.3. The van der Waals surface area contributed by atoms with Crippen LogP contribution in [0.4, 0.5) is 5.13 Å². The Balaban J connectivity index is 1.51. The summed E-state index contributed by atoms with van der Waals surface area (Å²) in [4.78, 5) is 23.2. The van der Waals surface area contributed by atoms with Gasteiger partial charge < -0.3 is 4.74 Å². The van der Waals surface area contributed by atoms with Crippen LogP contribution in [0.15, 0.2) is 42.5 Å². The van der Waals surface area contributed by atoms with Crippen molar-refractivity contribution in [2.45, 2.75) is 6.92 Å². The molecule has 0 saturated carbocycles. The number of hydrogen-bond acceptors (Lipinski definition) is 6. The lowest BCUT2D eigenvalue weighted by molar-refractivity contribution is 0.0391. The molecule has 1 fully saturated rings. The summed E-state index contributed by atoms with van der Waals surface area (Å²) < 4.78 is 7.56. The standard InChI is InChI=1S/C23H22ClN3O2S2/c1-15-6-7-17-19(14-15)31-23(25-17)27(9-8-26-10-12-29-13-11-26)22(28)21-20(24)16-4-2-3-5-18(16)30-21/h2-7,14H,8-13H2,1H3. The van der Waals surface area contributed by atoms with E-state index in [4.69, 9.17) is 21.3 Å². The van der Waals surface area contributed by atoms with Crippen molar-refractivity contribution >= 4 is 65.6 Å². The highest BCUT2D eigenvalue weighted by Gasteiger charge is 2.27. The van der Waals surface area contributed by atoms with Crippen molar-refractivity contribution in [2.24, 2.45) is 0 Å². The van der Waals surface area contributed by atoms with Crippen LogP contribution in [0.2, 0.25) is 5.02 Å². The smallest absolute Gasteiger partial charge is 0.271 e. The van der Waals surface area contributed by atoms with Crippen molar-refractivity contribution in [1.82, 2.24) is 9.88 Å². The fourth-order valence-electron chi connectivity index (χ4n) is 3.76. The minimum Gasteiger partial charge on any atom is -0.379 e. The van der Waals surface area contributed by atoms with Gasteiger partial charge in [0.15, 0.2) is 5.13 Å². The number of benzene rings is 2. The molecule has 0 bridgehead atoms. The number of halogens is 1. The van der Waals surface area contributed by atoms with Crippen LogP contribution in [-0.2, 0) is 4.74 Å². The first-order valence-electron chi connectivity index (χ1n) is 10.3. The van der Waals surface area contributed by atoms with Gasteiger partial charge in [-0.25, -0.2) is 4.98 Å². The number of thiophene rings is 1. The number of aromatic nitrogens is 1. The second kappa shape index (κ2) is 8.84. The molecule has 0 N–H and O–H groups in total. The Bertz CT molecular complexity index is 1250. The van der Waals surface area contributed by atoms with Gasteiger partial charge >= 0.3 is 0 Å². The van der Waals surface area contributed by atoms with Crippen molar-refractivity contribution in [3.8, 4) is 0 Å². The quantitative estimate of drug-likeness (QED) is 0.388. The lowest BCUT2D eigenvalue weighted by Crippen LogP contribution is -2.43. The number of carbonyl (C=O) groups is 1. The zero-order valence-electron chi connectivity index (χ0n) is 17.1. The highest BCUT2D eigenvalue weighted by Crippen LogP contribution is 2.38. The number of aryl methyl sites for hydroxylation is 1. The summed E-state index contributed by atoms with van der Waals surface area (Å²) in [7, 11) is 0. The molecule has 1 saturated heterocycles. The van der Waals surface area contributed by atoms with E-state index in [-0.39, 0.29) is 5.91 Å². The molecule has 5 rings (SSSR count). The number of anilines is 1. The van der Waals surface area contributed by atoms with Gasteiger partial charge in [-0.05, 0) is 30.7 Å². The predicted molar refractivity (Wildman–Crippen MR) is 130 cm³/mol. The molecule has 31 heavy (non-hydrogen) atoms. The number of hydrogen-bond donors (Lipinski definition) is 0. The topological polar surface area (TPSA) is 45.7 Å². The van der Waals surface area contributed by atoms with Crippen molar-refractivity contribution < 1.29 is 9.53 Å². The van der Waals surface area contributed by atoms with E-state index >= 15 is 0 Å². The average molecular weight is 472 g/mol. The second-order valence-electron chi connectivity index (χ2n) is 7.62. The van der Waals surface area contributed by atoms with Crippen LogP contribution in [0.1, 0.15) is 15.2 Å². The second-order valence-corrected chi connectivity index (χ2v) is 10.1. The van der Waals surface area contributed by atoms with E-state index in [1.54, 1.807) is 16.2 Å². The summed E-state index contributed by atoms with van der Waals surface area (Å²) in [6, 6.07) is 14.1. The van der Waals surface area contributed by atoms with Gasteiger partial charge in [0, 0.05) is 36.3 Å². The molecule has 0 spiro atoms. The molecule has 0 unspecified atom stereocenters. The fourth-order valence-corrected chi connectivity index (χ4v) is 6.31. The molecular formula is C23H22ClN3O2S2. The van der Waals surface area contributed by atoms with Crippen LogP contribution in [0.25, 0.3) is 20.3 Å². The first-order chi connectivity index (χ1) is 15.1. The van der Waals surface area contributed by atoms with E-state index in [0.717, 1.165) is 53.2 Å². The number of amides is 1. The number of carbonyl (C=O) groups excluding carboxylic acids is 1. The molecule has 0 radical (unpaired) electrons. The third-order valence-corrected chi connectivity index (χ3v) is 8.19. The van der Waals surface area contributed by atoms with Gasteiger partial charge in [-0.3, -0.25) is 14.6 Å². The highest BCUT2D eigenvalue weighted by molar-refractivity contribution is 7.23. The van der Waals surface area contributed by atoms with Crippen molar-refractivity contribution in [3.05, 3.63) is 57.9 Å². The van der Waals surface area contributed by atoms with Gasteiger partial charge in [0.2, 0.25) is 0 Å². The summed E-state index contributed by atoms with van der Waals surface area (Å²) in [5, 5.41) is 2.16. The van der Waals surface area contributed by atoms with E-state index < -0.39 is 0 Å². The van der Waals surface area contributed by atoms with Gasteiger partial charge in [0.25, 0.3) is 5.91 Å². The Labute approximate surface area is 193 Å². The third kappa shape index (κ3) is 4.21. The van der Waals surface area contributed by atoms with Crippen LogP contribution >= 0.6 is 34.3 Å². The molecule has 1 aliphatic rings. The highest BCUT2D eigenvalue weighted by atomic mass is 35.5. The van der Waals surface area contributed by atoms with Crippen LogP contribution in [0, 0.1) is 6.92 Å². The molecule has 1 amide bonds. The number of morpholine rings is 1. The molecule has 160 valence electrons. The zero-order valence-corrected chi connectivity index (χ0v) is 19.5. The third-order valence-electron chi connectivity index (χ3n) is 5.48. The summed E-state index contributed by atoms with van der Waals surface area (Å²) in [6.07, 6.45) is 0. The van der Waals surface area contributed by atoms with Crippen molar-refractivity contribution in [1.29, 1.82) is 0 Å². The molecule has 0 atom stereocenters. The summed E-state index contributed by atoms with van der Waals surface area (Å²) in [5.41, 5.74) is 2.10. The Morgan fingerprint density at radius 3 is 2.77 bits per heavy atom. The van der Waals surface area contributed by atoms with Crippen LogP contribution in [0.3, 0.4) is 0 Å². The zero-order chi connectivity index (χ0) is 21.4. The summed E-state index contributed by atoms with van der Waals surface area (Å²) in [5.74, 6) is -0.0877. The van der Waals surface area contributed by atoms with E-state index in [2.05, 4.69) is 24.0 Å². The van der Waals surface area contributed by atoms with Crippen LogP contribution < -0.4 is 4.90 Å². The van der Waals surface area contributed by atoms with Crippen molar-refractivity contribution in [2.75, 3.05) is 44.3 Å². The van der Waals surface area contributed by atoms with Gasteiger partial charge in [-0.15, -0.1) is 11.3 Å². The molecule has 1 aliphatic heterocycles. The van der Waals surface area contributed by atoms with Crippen LogP contribution in [0.5, 0.6) is 0 Å². The Morgan fingerprint density at radius 2 is 1.97 bits per heavy atom. The van der Waals surface area contributed by atoms with Crippen LogP contribution in [-0.4, -0.2) is 55.2 Å². The molecule has 5 nitrogen and oxygen atoms in total. The number of rotatable bonds is 5. The molecule has 0 aliphatic carbocycles. The molecule has 2 aromatic heterocycles. The maximum atomic E-state index is 13.7. The molecular weight excluding hydrogens is 450 g/mol. The Hall–Kier alpha value is -2.03. The molecule has 3 heterocycles. The Kier molecular flexibility index (Phi) is 5.95. The number of thiazole rings is 1. The monoisotopic (exact) mass is 471 g/mol. The molecule has 8 heteroatoms. The minimum atomic E-state index is -0.0877. The van der Waals surface area contributed by atoms with Gasteiger partial charge in [0.05, 0.1) is 28.5 Å². The summed E-state index contributed by atoms with van der Waals surface area (Å²) in [6.45, 7) is 6.62. The minimum absolute atomic E-state index is 0.0877. The SMILES string of the molecule is Cc1ccc2nc(N(CCN3CCOCC3)C(=O)c3sc4ccccc4c3Cl)sc2c1. The van der Waals surface area contributed by atoms with E-state index in [1.165, 1.54) is 16.9 Å². The number of fused-ring (bicyclic) bond motifs is 2. The van der Waals surface area contributed by atoms with E-state index in [9.17, 15) is 4.79 Å². The predicted octanol–water partition coefficient (Wildman–Crippen LogP) is 5.45. The molecule has 2 aromatic carbocycles. The average Bonchev–Trinajstić information content (AvgIpc) is 3.35. The first kappa shape index (κ1) is 20.8.